The van der Waals surface area contributed by atoms with Crippen molar-refractivity contribution in [3.63, 3.8) is 0 Å². The monoisotopic (exact) mass is 241 g/mol. The Labute approximate surface area is 106 Å². The minimum absolute atomic E-state index is 0.0567. The van der Waals surface area contributed by atoms with Crippen molar-refractivity contribution in [2.75, 3.05) is 11.9 Å². The Hall–Kier alpha value is -2.29. The zero-order valence-corrected chi connectivity index (χ0v) is 10.4. The predicted molar refractivity (Wildman–Crippen MR) is 72.0 cm³/mol. The summed E-state index contributed by atoms with van der Waals surface area (Å²) in [5, 5.41) is 9.23. The molecule has 0 unspecified atom stereocenters. The van der Waals surface area contributed by atoms with Gasteiger partial charge in [0.05, 0.1) is 0 Å². The third-order valence-corrected chi connectivity index (χ3v) is 2.92. The highest BCUT2D eigenvalue weighted by Crippen LogP contribution is 2.20. The third-order valence-electron chi connectivity index (χ3n) is 2.92. The molecule has 18 heavy (non-hydrogen) atoms. The van der Waals surface area contributed by atoms with Crippen molar-refractivity contribution in [1.29, 1.82) is 0 Å². The summed E-state index contributed by atoms with van der Waals surface area (Å²) in [5.74, 6) is 0.134. The maximum absolute atomic E-state index is 12.3. The molecule has 0 aliphatic rings. The van der Waals surface area contributed by atoms with Crippen LogP contribution in [0.5, 0.6) is 5.75 Å². The number of phenolic OH excluding ortho intramolecular Hbond substituents is 1. The first-order valence-corrected chi connectivity index (χ1v) is 5.72. The second-order valence-corrected chi connectivity index (χ2v) is 4.20. The van der Waals surface area contributed by atoms with E-state index in [9.17, 15) is 9.90 Å². The Kier molecular flexibility index (Phi) is 3.33. The topological polar surface area (TPSA) is 40.5 Å². The van der Waals surface area contributed by atoms with Crippen molar-refractivity contribution < 1.29 is 9.90 Å². The number of phenols is 1. The molecule has 1 N–H and O–H groups in total. The summed E-state index contributed by atoms with van der Waals surface area (Å²) in [6, 6.07) is 14.1. The molecule has 0 radical (unpaired) electrons. The summed E-state index contributed by atoms with van der Waals surface area (Å²) >= 11 is 0. The lowest BCUT2D eigenvalue weighted by atomic mass is 10.1. The van der Waals surface area contributed by atoms with Crippen LogP contribution in [0.2, 0.25) is 0 Å². The summed E-state index contributed by atoms with van der Waals surface area (Å²) in [5.41, 5.74) is 2.39. The van der Waals surface area contributed by atoms with Gasteiger partial charge in [0.15, 0.2) is 0 Å². The van der Waals surface area contributed by atoms with Crippen molar-refractivity contribution in [2.45, 2.75) is 6.92 Å². The Balaban J connectivity index is 2.29. The van der Waals surface area contributed by atoms with Gasteiger partial charge in [0.25, 0.3) is 5.91 Å². The van der Waals surface area contributed by atoms with E-state index in [2.05, 4.69) is 0 Å². The number of nitrogens with zero attached hydrogens (tertiary/aromatic N) is 1. The number of hydrogen-bond acceptors (Lipinski definition) is 2. The van der Waals surface area contributed by atoms with E-state index >= 15 is 0 Å². The normalized spacial score (nSPS) is 10.1. The lowest BCUT2D eigenvalue weighted by Gasteiger charge is -2.18. The first-order valence-electron chi connectivity index (χ1n) is 5.72. The molecule has 2 aromatic rings. The van der Waals surface area contributed by atoms with Crippen LogP contribution < -0.4 is 4.90 Å². The van der Waals surface area contributed by atoms with Crippen LogP contribution in [-0.2, 0) is 0 Å². The maximum Gasteiger partial charge on any atom is 0.258 e. The second kappa shape index (κ2) is 4.92. The van der Waals surface area contributed by atoms with Crippen LogP contribution in [0, 0.1) is 6.92 Å². The number of hydrogen-bond donors (Lipinski definition) is 1. The van der Waals surface area contributed by atoms with Gasteiger partial charge in [0, 0.05) is 18.3 Å². The van der Waals surface area contributed by atoms with Gasteiger partial charge in [-0.25, -0.2) is 0 Å². The van der Waals surface area contributed by atoms with Crippen LogP contribution >= 0.6 is 0 Å². The van der Waals surface area contributed by atoms with Gasteiger partial charge in [-0.2, -0.15) is 0 Å². The van der Waals surface area contributed by atoms with E-state index in [1.807, 2.05) is 31.2 Å². The third kappa shape index (κ3) is 2.35. The van der Waals surface area contributed by atoms with E-state index in [1.54, 1.807) is 36.2 Å². The van der Waals surface area contributed by atoms with Crippen LogP contribution in [0.4, 0.5) is 5.69 Å². The van der Waals surface area contributed by atoms with Crippen molar-refractivity contribution in [1.82, 2.24) is 0 Å². The Morgan fingerprint density at radius 1 is 1.06 bits per heavy atom. The molecule has 2 rings (SSSR count). The van der Waals surface area contributed by atoms with Gasteiger partial charge in [-0.1, -0.05) is 18.2 Å². The van der Waals surface area contributed by atoms with Gasteiger partial charge in [-0.15, -0.1) is 0 Å². The van der Waals surface area contributed by atoms with E-state index in [4.69, 9.17) is 0 Å². The standard InChI is InChI=1S/C15H15NO2/c1-11-5-3-4-6-14(11)15(18)16(2)12-7-9-13(17)10-8-12/h3-10,17H,1-2H3. The van der Waals surface area contributed by atoms with Gasteiger partial charge in [0.1, 0.15) is 5.75 Å². The molecule has 0 aromatic heterocycles. The number of amides is 1. The van der Waals surface area contributed by atoms with E-state index in [-0.39, 0.29) is 11.7 Å². The van der Waals surface area contributed by atoms with E-state index < -0.39 is 0 Å². The lowest BCUT2D eigenvalue weighted by Crippen LogP contribution is -2.26. The number of carbonyl (C=O) groups is 1. The minimum atomic E-state index is -0.0567. The summed E-state index contributed by atoms with van der Waals surface area (Å²) in [6.45, 7) is 1.91. The van der Waals surface area contributed by atoms with E-state index in [0.717, 1.165) is 11.3 Å². The molecule has 0 spiro atoms. The van der Waals surface area contributed by atoms with Crippen molar-refractivity contribution in [2.24, 2.45) is 0 Å². The fourth-order valence-electron chi connectivity index (χ4n) is 1.79. The van der Waals surface area contributed by atoms with Gasteiger partial charge in [-0.3, -0.25) is 4.79 Å². The molecule has 2 aromatic carbocycles. The molecular weight excluding hydrogens is 226 g/mol. The van der Waals surface area contributed by atoms with E-state index in [1.165, 1.54) is 0 Å². The molecule has 0 atom stereocenters. The second-order valence-electron chi connectivity index (χ2n) is 4.20. The van der Waals surface area contributed by atoms with Crippen molar-refractivity contribution in [3.8, 4) is 5.75 Å². The molecule has 0 bridgehead atoms. The molecule has 3 nitrogen and oxygen atoms in total. The first-order chi connectivity index (χ1) is 8.59. The molecule has 92 valence electrons. The average molecular weight is 241 g/mol. The van der Waals surface area contributed by atoms with Crippen LogP contribution in [0.1, 0.15) is 15.9 Å². The Morgan fingerprint density at radius 3 is 2.28 bits per heavy atom. The number of rotatable bonds is 2. The maximum atomic E-state index is 12.3. The van der Waals surface area contributed by atoms with E-state index in [0.29, 0.717) is 5.56 Å². The first kappa shape index (κ1) is 12.2. The number of anilines is 1. The summed E-state index contributed by atoms with van der Waals surface area (Å²) in [7, 11) is 1.72. The predicted octanol–water partition coefficient (Wildman–Crippen LogP) is 2.98. The van der Waals surface area contributed by atoms with Gasteiger partial charge < -0.3 is 10.0 Å². The largest absolute Gasteiger partial charge is 0.508 e. The number of benzene rings is 2. The fraction of sp³-hybridized carbons (Fsp3) is 0.133. The molecule has 0 heterocycles. The summed E-state index contributed by atoms with van der Waals surface area (Å²) < 4.78 is 0. The minimum Gasteiger partial charge on any atom is -0.508 e. The molecule has 0 fully saturated rings. The zero-order chi connectivity index (χ0) is 13.1. The lowest BCUT2D eigenvalue weighted by molar-refractivity contribution is 0.0992. The Morgan fingerprint density at radius 2 is 1.67 bits per heavy atom. The quantitative estimate of drug-likeness (QED) is 0.878. The average Bonchev–Trinajstić information content (AvgIpc) is 2.38. The highest BCUT2D eigenvalue weighted by molar-refractivity contribution is 6.06. The zero-order valence-electron chi connectivity index (χ0n) is 10.4. The Bertz CT molecular complexity index is 561. The number of carbonyl (C=O) groups excluding carboxylic acids is 1. The molecule has 1 amide bonds. The van der Waals surface area contributed by atoms with Crippen LogP contribution in [0.15, 0.2) is 48.5 Å². The van der Waals surface area contributed by atoms with Crippen LogP contribution in [0.25, 0.3) is 0 Å². The van der Waals surface area contributed by atoms with Gasteiger partial charge >= 0.3 is 0 Å². The van der Waals surface area contributed by atoms with Gasteiger partial charge in [0.2, 0.25) is 0 Å². The molecule has 0 saturated carbocycles. The molecule has 0 saturated heterocycles. The molecular formula is C15H15NO2. The van der Waals surface area contributed by atoms with Crippen LogP contribution in [0.3, 0.4) is 0 Å². The highest BCUT2D eigenvalue weighted by atomic mass is 16.3. The fourth-order valence-corrected chi connectivity index (χ4v) is 1.79. The molecule has 0 aliphatic carbocycles. The molecule has 0 aliphatic heterocycles. The summed E-state index contributed by atoms with van der Waals surface area (Å²) in [4.78, 5) is 13.9. The molecule has 3 heteroatoms. The van der Waals surface area contributed by atoms with Crippen molar-refractivity contribution in [3.05, 3.63) is 59.7 Å². The smallest absolute Gasteiger partial charge is 0.258 e. The van der Waals surface area contributed by atoms with Gasteiger partial charge in [-0.05, 0) is 42.8 Å². The SMILES string of the molecule is Cc1ccccc1C(=O)N(C)c1ccc(O)cc1. The number of aryl methyl sites for hydroxylation is 1. The van der Waals surface area contributed by atoms with Crippen LogP contribution in [-0.4, -0.2) is 18.1 Å². The number of aromatic hydroxyl groups is 1. The van der Waals surface area contributed by atoms with Crippen molar-refractivity contribution >= 4 is 11.6 Å². The summed E-state index contributed by atoms with van der Waals surface area (Å²) in [6.07, 6.45) is 0. The highest BCUT2D eigenvalue weighted by Gasteiger charge is 2.14.